The van der Waals surface area contributed by atoms with Crippen molar-refractivity contribution < 1.29 is 14.6 Å². The zero-order valence-electron chi connectivity index (χ0n) is 23.1. The van der Waals surface area contributed by atoms with E-state index >= 15 is 0 Å². The van der Waals surface area contributed by atoms with Crippen LogP contribution in [0.2, 0.25) is 0 Å². The number of nitrogens with one attached hydrogen (secondary N) is 1. The minimum Gasteiger partial charge on any atom is -0.465 e. The monoisotopic (exact) mass is 567 g/mol. The third-order valence-corrected chi connectivity index (χ3v) is 7.30. The third kappa shape index (κ3) is 5.17. The van der Waals surface area contributed by atoms with Crippen molar-refractivity contribution in [3.05, 3.63) is 88.6 Å². The number of aryl methyl sites for hydroxylation is 2. The van der Waals surface area contributed by atoms with Crippen LogP contribution in [0.5, 0.6) is 0 Å². The third-order valence-electron chi connectivity index (χ3n) is 7.30. The van der Waals surface area contributed by atoms with Gasteiger partial charge in [-0.2, -0.15) is 4.68 Å². The summed E-state index contributed by atoms with van der Waals surface area (Å²) in [6.45, 7) is 4.94. The molecule has 0 aliphatic carbocycles. The molecule has 1 amide bonds. The lowest BCUT2D eigenvalue weighted by Crippen LogP contribution is -2.32. The SMILES string of the molecule is CCOCCN(C(=O)O)c1ccc(-c2cnc([C@@H]3CCc4nc(-c5cc(C)ccc5-n5cnnn5)cc(=O)n43)[nH]2)cc1. The quantitative estimate of drug-likeness (QED) is 0.254. The van der Waals surface area contributed by atoms with Gasteiger partial charge in [-0.05, 0) is 60.5 Å². The largest absolute Gasteiger partial charge is 0.465 e. The van der Waals surface area contributed by atoms with Crippen LogP contribution in [0.3, 0.4) is 0 Å². The molecule has 0 unspecified atom stereocenters. The smallest absolute Gasteiger partial charge is 0.411 e. The standard InChI is InChI=1S/C29H29N9O4/c1-3-42-13-12-36(29(40)41)20-7-5-19(6-8-20)23-16-30-28(33-23)25-10-11-26-32-22(15-27(39)38(25)26)21-14-18(2)4-9-24(21)37-17-31-34-35-37/h4-9,14-17,25H,3,10-13H2,1-2H3,(H,30,33)(H,40,41)/t25-/m0/s1. The van der Waals surface area contributed by atoms with Crippen LogP contribution in [0.1, 0.15) is 36.6 Å². The van der Waals surface area contributed by atoms with Crippen LogP contribution in [0.15, 0.2) is 65.8 Å². The topological polar surface area (TPSA) is 157 Å². The average Bonchev–Trinajstić information content (AvgIpc) is 3.76. The maximum atomic E-state index is 13.5. The summed E-state index contributed by atoms with van der Waals surface area (Å²) >= 11 is 0. The number of tetrazole rings is 1. The summed E-state index contributed by atoms with van der Waals surface area (Å²) in [5, 5.41) is 21.1. The highest BCUT2D eigenvalue weighted by Crippen LogP contribution is 2.32. The van der Waals surface area contributed by atoms with Crippen molar-refractivity contribution in [1.82, 2.24) is 39.7 Å². The van der Waals surface area contributed by atoms with E-state index in [1.807, 2.05) is 44.2 Å². The van der Waals surface area contributed by atoms with Crippen molar-refractivity contribution in [2.75, 3.05) is 24.7 Å². The van der Waals surface area contributed by atoms with E-state index in [9.17, 15) is 14.7 Å². The van der Waals surface area contributed by atoms with Gasteiger partial charge in [0.25, 0.3) is 5.56 Å². The van der Waals surface area contributed by atoms with Gasteiger partial charge in [0.1, 0.15) is 18.0 Å². The Labute approximate surface area is 240 Å². The van der Waals surface area contributed by atoms with Crippen molar-refractivity contribution in [2.24, 2.45) is 0 Å². The zero-order chi connectivity index (χ0) is 29.2. The van der Waals surface area contributed by atoms with Crippen LogP contribution in [0, 0.1) is 6.92 Å². The number of benzene rings is 2. The summed E-state index contributed by atoms with van der Waals surface area (Å²) in [6, 6.07) is 14.3. The molecule has 0 bridgehead atoms. The van der Waals surface area contributed by atoms with E-state index in [4.69, 9.17) is 9.72 Å². The summed E-state index contributed by atoms with van der Waals surface area (Å²) in [7, 11) is 0. The van der Waals surface area contributed by atoms with Gasteiger partial charge in [0, 0.05) is 30.3 Å². The van der Waals surface area contributed by atoms with Crippen LogP contribution in [-0.4, -0.2) is 70.7 Å². The summed E-state index contributed by atoms with van der Waals surface area (Å²) in [5.41, 5.74) is 5.11. The lowest BCUT2D eigenvalue weighted by Gasteiger charge is -2.19. The molecule has 1 atom stereocenters. The Morgan fingerprint density at radius 2 is 2.02 bits per heavy atom. The van der Waals surface area contributed by atoms with Crippen molar-refractivity contribution >= 4 is 11.8 Å². The van der Waals surface area contributed by atoms with Gasteiger partial charge in [0.05, 0.1) is 42.5 Å². The first kappa shape index (κ1) is 27.0. The van der Waals surface area contributed by atoms with Gasteiger partial charge < -0.3 is 14.8 Å². The number of hydrogen-bond donors (Lipinski definition) is 2. The van der Waals surface area contributed by atoms with Crippen molar-refractivity contribution in [1.29, 1.82) is 0 Å². The molecule has 1 aliphatic heterocycles. The van der Waals surface area contributed by atoms with Gasteiger partial charge in [-0.25, -0.2) is 14.8 Å². The number of amides is 1. The molecule has 13 nitrogen and oxygen atoms in total. The number of aromatic nitrogens is 8. The summed E-state index contributed by atoms with van der Waals surface area (Å²) in [5.74, 6) is 1.35. The van der Waals surface area contributed by atoms with Gasteiger partial charge >= 0.3 is 6.09 Å². The predicted molar refractivity (Wildman–Crippen MR) is 154 cm³/mol. The van der Waals surface area contributed by atoms with Gasteiger partial charge in [-0.3, -0.25) is 14.3 Å². The summed E-state index contributed by atoms with van der Waals surface area (Å²) in [6.07, 6.45) is 3.50. The summed E-state index contributed by atoms with van der Waals surface area (Å²) in [4.78, 5) is 39.3. The lowest BCUT2D eigenvalue weighted by molar-refractivity contribution is 0.150. The van der Waals surface area contributed by atoms with E-state index in [1.165, 1.54) is 11.2 Å². The minimum absolute atomic E-state index is 0.162. The Kier molecular flexibility index (Phi) is 7.32. The van der Waals surface area contributed by atoms with Crippen LogP contribution in [0.4, 0.5) is 10.5 Å². The molecule has 4 heterocycles. The van der Waals surface area contributed by atoms with Crippen LogP contribution in [-0.2, 0) is 11.2 Å². The highest BCUT2D eigenvalue weighted by molar-refractivity contribution is 5.86. The number of rotatable bonds is 9. The highest BCUT2D eigenvalue weighted by atomic mass is 16.5. The number of fused-ring (bicyclic) bond motifs is 1. The van der Waals surface area contributed by atoms with Crippen LogP contribution >= 0.6 is 0 Å². The number of carbonyl (C=O) groups is 1. The fourth-order valence-electron chi connectivity index (χ4n) is 5.28. The summed E-state index contributed by atoms with van der Waals surface area (Å²) < 4.78 is 8.57. The molecule has 6 rings (SSSR count). The number of H-pyrrole nitrogens is 1. The Bertz CT molecular complexity index is 1780. The van der Waals surface area contributed by atoms with Crippen molar-refractivity contribution in [3.63, 3.8) is 0 Å². The second-order valence-corrected chi connectivity index (χ2v) is 9.96. The molecule has 0 spiro atoms. The van der Waals surface area contributed by atoms with Gasteiger partial charge in [0.2, 0.25) is 0 Å². The Morgan fingerprint density at radius 1 is 1.19 bits per heavy atom. The highest BCUT2D eigenvalue weighted by Gasteiger charge is 2.29. The molecule has 5 aromatic rings. The molecule has 3 aromatic heterocycles. The molecule has 2 aromatic carbocycles. The molecular formula is C29H29N9O4. The van der Waals surface area contributed by atoms with E-state index in [2.05, 4.69) is 25.5 Å². The average molecular weight is 568 g/mol. The molecule has 13 heteroatoms. The van der Waals surface area contributed by atoms with Gasteiger partial charge in [-0.1, -0.05) is 23.8 Å². The Hall–Kier alpha value is -5.17. The maximum Gasteiger partial charge on any atom is 0.411 e. The second-order valence-electron chi connectivity index (χ2n) is 9.96. The minimum atomic E-state index is -1.04. The van der Waals surface area contributed by atoms with E-state index in [1.54, 1.807) is 33.6 Å². The predicted octanol–water partition coefficient (Wildman–Crippen LogP) is 3.64. The first-order valence-corrected chi connectivity index (χ1v) is 13.6. The number of nitrogens with zero attached hydrogens (tertiary/aromatic N) is 8. The van der Waals surface area contributed by atoms with Gasteiger partial charge in [-0.15, -0.1) is 5.10 Å². The molecule has 0 fully saturated rings. The Balaban J connectivity index is 1.26. The maximum absolute atomic E-state index is 13.5. The molecular weight excluding hydrogens is 538 g/mol. The van der Waals surface area contributed by atoms with E-state index in [-0.39, 0.29) is 18.1 Å². The van der Waals surface area contributed by atoms with E-state index in [0.29, 0.717) is 49.1 Å². The number of aromatic amines is 1. The molecule has 42 heavy (non-hydrogen) atoms. The fraction of sp³-hybridized carbons (Fsp3) is 0.276. The number of ether oxygens (including phenoxy) is 1. The lowest BCUT2D eigenvalue weighted by atomic mass is 10.1. The van der Waals surface area contributed by atoms with Crippen LogP contribution in [0.25, 0.3) is 28.2 Å². The van der Waals surface area contributed by atoms with Crippen molar-refractivity contribution in [2.45, 2.75) is 32.7 Å². The molecule has 1 aliphatic rings. The second kappa shape index (κ2) is 11.4. The van der Waals surface area contributed by atoms with Gasteiger partial charge in [0.15, 0.2) is 0 Å². The number of carboxylic acid groups (broad SMARTS) is 1. The van der Waals surface area contributed by atoms with E-state index in [0.717, 1.165) is 28.1 Å². The van der Waals surface area contributed by atoms with Crippen molar-refractivity contribution in [3.8, 4) is 28.2 Å². The Morgan fingerprint density at radius 3 is 2.76 bits per heavy atom. The normalized spacial score (nSPS) is 14.2. The van der Waals surface area contributed by atoms with E-state index < -0.39 is 6.09 Å². The fourth-order valence-corrected chi connectivity index (χ4v) is 5.28. The number of imidazole rings is 1. The number of anilines is 1. The first-order chi connectivity index (χ1) is 20.4. The molecule has 214 valence electrons. The van der Waals surface area contributed by atoms with Crippen LogP contribution < -0.4 is 10.5 Å². The molecule has 0 radical (unpaired) electrons. The first-order valence-electron chi connectivity index (χ1n) is 13.6. The zero-order valence-corrected chi connectivity index (χ0v) is 23.1. The molecule has 0 saturated carbocycles. The molecule has 0 saturated heterocycles. The number of hydrogen-bond acceptors (Lipinski definition) is 8. The molecule has 2 N–H and O–H groups in total.